The number of hydrazine groups is 1. The molecule has 0 aliphatic carbocycles. The quantitative estimate of drug-likeness (QED) is 0.475. The first-order valence-electron chi connectivity index (χ1n) is 5.12. The number of carbonyl (C=O) groups excluding carboxylic acids is 2. The van der Waals surface area contributed by atoms with Crippen LogP contribution in [0.2, 0.25) is 5.02 Å². The van der Waals surface area contributed by atoms with Gasteiger partial charge in [-0.1, -0.05) is 32.4 Å². The Hall–Kier alpha value is -1.39. The minimum atomic E-state index is -0.698. The molecule has 2 amide bonds. The van der Waals surface area contributed by atoms with Crippen LogP contribution in [0.15, 0.2) is 24.3 Å². The molecule has 0 unspecified atom stereocenters. The number of hydrogen-bond donors (Lipinski definition) is 1. The highest BCUT2D eigenvalue weighted by molar-refractivity contribution is 6.30. The van der Waals surface area contributed by atoms with Crippen molar-refractivity contribution in [1.82, 2.24) is 5.01 Å². The first-order chi connectivity index (χ1) is 7.73. The maximum absolute atomic E-state index is 11.9. The average Bonchev–Trinajstić information content (AvgIpc) is 2.26. The van der Waals surface area contributed by atoms with Crippen LogP contribution in [0.4, 0.5) is 0 Å². The fourth-order valence-corrected chi connectivity index (χ4v) is 1.31. The van der Waals surface area contributed by atoms with Crippen LogP contribution in [-0.2, 0) is 4.79 Å². The van der Waals surface area contributed by atoms with Gasteiger partial charge < -0.3 is 0 Å². The summed E-state index contributed by atoms with van der Waals surface area (Å²) in [5.74, 6) is 4.55. The van der Waals surface area contributed by atoms with Gasteiger partial charge in [0.25, 0.3) is 5.91 Å². The van der Waals surface area contributed by atoms with Gasteiger partial charge in [-0.2, -0.15) is 0 Å². The molecule has 5 heteroatoms. The summed E-state index contributed by atoms with van der Waals surface area (Å²) in [6.07, 6.45) is 0. The zero-order valence-corrected chi connectivity index (χ0v) is 10.8. The molecule has 92 valence electrons. The Morgan fingerprint density at radius 2 is 1.65 bits per heavy atom. The highest BCUT2D eigenvalue weighted by atomic mass is 35.5. The second kappa shape index (κ2) is 4.85. The number of benzene rings is 1. The number of halogens is 1. The van der Waals surface area contributed by atoms with Crippen molar-refractivity contribution < 1.29 is 9.59 Å². The highest BCUT2D eigenvalue weighted by Crippen LogP contribution is 2.17. The smallest absolute Gasteiger partial charge is 0.272 e. The summed E-state index contributed by atoms with van der Waals surface area (Å²) in [6, 6.07) is 6.20. The number of carbonyl (C=O) groups is 2. The molecule has 1 rings (SSSR count). The van der Waals surface area contributed by atoms with Crippen molar-refractivity contribution in [3.05, 3.63) is 34.9 Å². The third-order valence-corrected chi connectivity index (χ3v) is 2.42. The Labute approximate surface area is 105 Å². The lowest BCUT2D eigenvalue weighted by Crippen LogP contribution is -2.48. The molecule has 0 saturated carbocycles. The number of amides is 2. The Balaban J connectivity index is 2.91. The van der Waals surface area contributed by atoms with E-state index in [-0.39, 0.29) is 0 Å². The molecule has 0 heterocycles. The van der Waals surface area contributed by atoms with Gasteiger partial charge in [0.05, 0.1) is 0 Å². The van der Waals surface area contributed by atoms with Crippen LogP contribution in [0, 0.1) is 5.41 Å². The second-order valence-electron chi connectivity index (χ2n) is 4.74. The van der Waals surface area contributed by atoms with Crippen molar-refractivity contribution in [3.8, 4) is 0 Å². The van der Waals surface area contributed by atoms with E-state index in [1.807, 2.05) is 0 Å². The summed E-state index contributed by atoms with van der Waals surface area (Å²) in [6.45, 7) is 5.10. The third kappa shape index (κ3) is 3.28. The second-order valence-corrected chi connectivity index (χ2v) is 5.17. The molecule has 4 nitrogen and oxygen atoms in total. The zero-order chi connectivity index (χ0) is 13.2. The summed E-state index contributed by atoms with van der Waals surface area (Å²) < 4.78 is 0. The van der Waals surface area contributed by atoms with Crippen LogP contribution in [-0.4, -0.2) is 16.8 Å². The van der Waals surface area contributed by atoms with Gasteiger partial charge >= 0.3 is 0 Å². The minimum Gasteiger partial charge on any atom is -0.272 e. The molecule has 0 spiro atoms. The van der Waals surface area contributed by atoms with Crippen LogP contribution < -0.4 is 5.84 Å². The van der Waals surface area contributed by atoms with Crippen molar-refractivity contribution in [2.24, 2.45) is 11.3 Å². The van der Waals surface area contributed by atoms with Gasteiger partial charge in [0.15, 0.2) is 0 Å². The van der Waals surface area contributed by atoms with E-state index in [9.17, 15) is 9.59 Å². The molecule has 1 aromatic carbocycles. The van der Waals surface area contributed by atoms with Gasteiger partial charge in [-0.25, -0.2) is 10.9 Å². The summed E-state index contributed by atoms with van der Waals surface area (Å²) in [5, 5.41) is 1.16. The zero-order valence-electron chi connectivity index (χ0n) is 10.0. The van der Waals surface area contributed by atoms with E-state index in [1.165, 1.54) is 12.1 Å². The van der Waals surface area contributed by atoms with Crippen molar-refractivity contribution in [2.45, 2.75) is 20.8 Å². The van der Waals surface area contributed by atoms with E-state index in [0.717, 1.165) is 0 Å². The third-order valence-electron chi connectivity index (χ3n) is 2.17. The molecular weight excluding hydrogens is 240 g/mol. The van der Waals surface area contributed by atoms with E-state index < -0.39 is 17.2 Å². The van der Waals surface area contributed by atoms with Gasteiger partial charge in [-0.15, -0.1) is 0 Å². The van der Waals surface area contributed by atoms with Crippen LogP contribution in [0.5, 0.6) is 0 Å². The van der Waals surface area contributed by atoms with Gasteiger partial charge in [-0.05, 0) is 24.3 Å². The fraction of sp³-hybridized carbons (Fsp3) is 0.333. The van der Waals surface area contributed by atoms with Crippen molar-refractivity contribution in [2.75, 3.05) is 0 Å². The van der Waals surface area contributed by atoms with Gasteiger partial charge in [0, 0.05) is 16.0 Å². The molecule has 0 saturated heterocycles. The molecule has 0 aliphatic rings. The predicted octanol–water partition coefficient (Wildman–Crippen LogP) is 2.23. The van der Waals surface area contributed by atoms with Crippen LogP contribution in [0.25, 0.3) is 0 Å². The van der Waals surface area contributed by atoms with Crippen molar-refractivity contribution in [3.63, 3.8) is 0 Å². The lowest BCUT2D eigenvalue weighted by molar-refractivity contribution is -0.136. The molecule has 1 aromatic rings. The monoisotopic (exact) mass is 254 g/mol. The summed E-state index contributed by atoms with van der Waals surface area (Å²) >= 11 is 5.71. The molecule has 17 heavy (non-hydrogen) atoms. The number of rotatable bonds is 1. The molecule has 0 aliphatic heterocycles. The topological polar surface area (TPSA) is 63.4 Å². The first kappa shape index (κ1) is 13.7. The Kier molecular flexibility index (Phi) is 3.91. The van der Waals surface area contributed by atoms with Crippen LogP contribution >= 0.6 is 11.6 Å². The standard InChI is InChI=1S/C12H15ClN2O2/c1-12(2,3)11(17)15(14)10(16)8-4-6-9(13)7-5-8/h4-7H,14H2,1-3H3. The SMILES string of the molecule is CC(C)(C)C(=O)N(N)C(=O)c1ccc(Cl)cc1. The number of imide groups is 1. The first-order valence-corrected chi connectivity index (χ1v) is 5.50. The Morgan fingerprint density at radius 3 is 2.06 bits per heavy atom. The Bertz CT molecular complexity index is 435. The maximum Gasteiger partial charge on any atom is 0.274 e. The molecule has 0 radical (unpaired) electrons. The molecule has 2 N–H and O–H groups in total. The Morgan fingerprint density at radius 1 is 1.18 bits per heavy atom. The average molecular weight is 255 g/mol. The van der Waals surface area contributed by atoms with Crippen LogP contribution in [0.1, 0.15) is 31.1 Å². The summed E-state index contributed by atoms with van der Waals surface area (Å²) in [4.78, 5) is 23.7. The van der Waals surface area contributed by atoms with E-state index >= 15 is 0 Å². The normalized spacial score (nSPS) is 11.1. The predicted molar refractivity (Wildman–Crippen MR) is 66.3 cm³/mol. The van der Waals surface area contributed by atoms with Crippen molar-refractivity contribution >= 4 is 23.4 Å². The van der Waals surface area contributed by atoms with E-state index in [1.54, 1.807) is 32.9 Å². The summed E-state index contributed by atoms with van der Waals surface area (Å²) in [5.41, 5.74) is -0.369. The highest BCUT2D eigenvalue weighted by Gasteiger charge is 2.29. The van der Waals surface area contributed by atoms with E-state index in [4.69, 9.17) is 17.4 Å². The number of nitrogens with zero attached hydrogens (tertiary/aromatic N) is 1. The minimum absolute atomic E-state index is 0.328. The molecule has 0 fully saturated rings. The van der Waals surface area contributed by atoms with Crippen molar-refractivity contribution in [1.29, 1.82) is 0 Å². The fourth-order valence-electron chi connectivity index (χ4n) is 1.19. The lowest BCUT2D eigenvalue weighted by Gasteiger charge is -2.23. The van der Waals surface area contributed by atoms with E-state index in [0.29, 0.717) is 15.6 Å². The molecular formula is C12H15ClN2O2. The number of nitrogens with two attached hydrogens (primary N) is 1. The largest absolute Gasteiger partial charge is 0.274 e. The van der Waals surface area contributed by atoms with Crippen LogP contribution in [0.3, 0.4) is 0 Å². The molecule has 0 aromatic heterocycles. The number of hydrogen-bond acceptors (Lipinski definition) is 3. The van der Waals surface area contributed by atoms with Gasteiger partial charge in [-0.3, -0.25) is 9.59 Å². The molecule has 0 bridgehead atoms. The van der Waals surface area contributed by atoms with Gasteiger partial charge in [0.2, 0.25) is 5.91 Å². The maximum atomic E-state index is 11.9. The van der Waals surface area contributed by atoms with E-state index in [2.05, 4.69) is 0 Å². The lowest BCUT2D eigenvalue weighted by atomic mass is 9.95. The van der Waals surface area contributed by atoms with Gasteiger partial charge in [0.1, 0.15) is 0 Å². The summed E-state index contributed by atoms with van der Waals surface area (Å²) in [7, 11) is 0. The molecule has 0 atom stereocenters.